The van der Waals surface area contributed by atoms with E-state index in [0.29, 0.717) is 18.4 Å². The van der Waals surface area contributed by atoms with Crippen LogP contribution in [0.15, 0.2) is 35.9 Å². The van der Waals surface area contributed by atoms with Gasteiger partial charge in [0.15, 0.2) is 0 Å². The molecule has 0 spiro atoms. The number of fused-ring (bicyclic) bond motifs is 7. The van der Waals surface area contributed by atoms with Gasteiger partial charge >= 0.3 is 0 Å². The van der Waals surface area contributed by atoms with Crippen molar-refractivity contribution in [2.24, 2.45) is 11.8 Å². The van der Waals surface area contributed by atoms with Gasteiger partial charge in [0.1, 0.15) is 6.54 Å². The molecular weight excluding hydrogens is 374 g/mol. The van der Waals surface area contributed by atoms with Gasteiger partial charge in [-0.15, -0.1) is 0 Å². The van der Waals surface area contributed by atoms with Crippen LogP contribution in [-0.2, 0) is 11.3 Å². The maximum absolute atomic E-state index is 13.4. The Morgan fingerprint density at radius 3 is 2.90 bits per heavy atom. The van der Waals surface area contributed by atoms with Gasteiger partial charge < -0.3 is 9.80 Å². The van der Waals surface area contributed by atoms with Crippen LogP contribution in [0, 0.1) is 11.8 Å². The van der Waals surface area contributed by atoms with Crippen molar-refractivity contribution < 1.29 is 9.59 Å². The highest BCUT2D eigenvalue weighted by molar-refractivity contribution is 6.00. The first-order valence-electron chi connectivity index (χ1n) is 11.8. The van der Waals surface area contributed by atoms with Gasteiger partial charge in [-0.25, -0.2) is 0 Å². The summed E-state index contributed by atoms with van der Waals surface area (Å²) in [7, 11) is 0. The number of piperidine rings is 3. The SMILES string of the molecule is O=C1c2ccccc2CN1CC(=O)N1CCCC2=C[C@@H]3C[C@@H](CN4CCCC[C@H]34)[C@H]21. The van der Waals surface area contributed by atoms with Crippen LogP contribution >= 0.6 is 0 Å². The minimum absolute atomic E-state index is 0.00394. The molecule has 158 valence electrons. The van der Waals surface area contributed by atoms with Crippen molar-refractivity contribution in [3.05, 3.63) is 47.0 Å². The molecule has 6 rings (SSSR count). The molecule has 0 aromatic heterocycles. The van der Waals surface area contributed by atoms with Crippen LogP contribution in [0.2, 0.25) is 0 Å². The van der Waals surface area contributed by atoms with Crippen LogP contribution in [0.4, 0.5) is 0 Å². The zero-order chi connectivity index (χ0) is 20.2. The molecule has 4 aliphatic heterocycles. The summed E-state index contributed by atoms with van der Waals surface area (Å²) in [5.41, 5.74) is 3.31. The highest BCUT2D eigenvalue weighted by atomic mass is 16.2. The topological polar surface area (TPSA) is 43.9 Å². The van der Waals surface area contributed by atoms with Crippen LogP contribution in [0.25, 0.3) is 0 Å². The molecule has 5 aliphatic rings. The van der Waals surface area contributed by atoms with E-state index in [0.717, 1.165) is 43.1 Å². The third-order valence-electron chi connectivity index (χ3n) is 8.20. The van der Waals surface area contributed by atoms with Crippen LogP contribution in [0.3, 0.4) is 0 Å². The Hall–Kier alpha value is -2.14. The molecule has 0 N–H and O–H groups in total. The fourth-order valence-corrected chi connectivity index (χ4v) is 6.95. The van der Waals surface area contributed by atoms with E-state index in [1.54, 1.807) is 4.90 Å². The summed E-state index contributed by atoms with van der Waals surface area (Å²) in [6, 6.07) is 8.73. The van der Waals surface area contributed by atoms with E-state index in [9.17, 15) is 9.59 Å². The Balaban J connectivity index is 1.22. The lowest BCUT2D eigenvalue weighted by atomic mass is 9.68. The lowest BCUT2D eigenvalue weighted by Crippen LogP contribution is -2.60. The minimum Gasteiger partial charge on any atom is -0.334 e. The van der Waals surface area contributed by atoms with E-state index < -0.39 is 0 Å². The van der Waals surface area contributed by atoms with Crippen molar-refractivity contribution in [3.63, 3.8) is 0 Å². The Bertz CT molecular complexity index is 909. The van der Waals surface area contributed by atoms with E-state index in [2.05, 4.69) is 15.9 Å². The molecule has 3 fully saturated rings. The predicted octanol–water partition coefficient (Wildman–Crippen LogP) is 3.06. The van der Waals surface area contributed by atoms with Gasteiger partial charge in [0.2, 0.25) is 5.91 Å². The molecule has 4 heterocycles. The summed E-state index contributed by atoms with van der Waals surface area (Å²) in [6.07, 6.45) is 10.0. The van der Waals surface area contributed by atoms with E-state index in [1.165, 1.54) is 37.8 Å². The molecule has 2 amide bonds. The second-order valence-electron chi connectivity index (χ2n) is 9.91. The first kappa shape index (κ1) is 18.6. The van der Waals surface area contributed by atoms with Crippen molar-refractivity contribution in [1.82, 2.24) is 14.7 Å². The third kappa shape index (κ3) is 2.93. The molecule has 4 atom stereocenters. The molecule has 0 radical (unpaired) electrons. The molecule has 5 heteroatoms. The Morgan fingerprint density at radius 1 is 1.10 bits per heavy atom. The highest BCUT2D eigenvalue weighted by Gasteiger charge is 2.47. The Labute approximate surface area is 178 Å². The number of benzene rings is 1. The zero-order valence-electron chi connectivity index (χ0n) is 17.6. The number of hydrogen-bond donors (Lipinski definition) is 0. The van der Waals surface area contributed by atoms with E-state index >= 15 is 0 Å². The zero-order valence-corrected chi connectivity index (χ0v) is 17.6. The normalized spacial score (nSPS) is 32.9. The van der Waals surface area contributed by atoms with Gasteiger partial charge in [-0.3, -0.25) is 14.5 Å². The molecule has 1 aliphatic carbocycles. The maximum atomic E-state index is 13.4. The average Bonchev–Trinajstić information content (AvgIpc) is 3.09. The van der Waals surface area contributed by atoms with Crippen molar-refractivity contribution in [3.8, 4) is 0 Å². The van der Waals surface area contributed by atoms with E-state index in [4.69, 9.17) is 0 Å². The summed E-state index contributed by atoms with van der Waals surface area (Å²) in [5, 5.41) is 0. The largest absolute Gasteiger partial charge is 0.334 e. The van der Waals surface area contributed by atoms with Crippen LogP contribution in [-0.4, -0.2) is 64.8 Å². The van der Waals surface area contributed by atoms with Crippen LogP contribution in [0.5, 0.6) is 0 Å². The second kappa shape index (κ2) is 7.23. The molecule has 30 heavy (non-hydrogen) atoms. The lowest BCUT2D eigenvalue weighted by Gasteiger charge is -2.54. The molecular formula is C25H31N3O2. The first-order chi connectivity index (χ1) is 14.7. The highest BCUT2D eigenvalue weighted by Crippen LogP contribution is 2.45. The van der Waals surface area contributed by atoms with Crippen molar-refractivity contribution in [2.75, 3.05) is 26.2 Å². The summed E-state index contributed by atoms with van der Waals surface area (Å²) >= 11 is 0. The van der Waals surface area contributed by atoms with Gasteiger partial charge in [-0.1, -0.05) is 36.3 Å². The molecule has 2 bridgehead atoms. The summed E-state index contributed by atoms with van der Waals surface area (Å²) in [6.45, 7) is 3.96. The standard InChI is InChI=1S/C25H31N3O2/c29-23(16-27-14-18-6-1-2-8-21(18)25(27)30)28-11-5-7-17-12-19-13-20(24(17)28)15-26-10-4-3-9-22(19)26/h1-2,6,8,12,19-20,22,24H,3-5,7,9-11,13-16H2/t19-,20+,22-,24+/m1/s1. The number of hydrogen-bond acceptors (Lipinski definition) is 3. The Morgan fingerprint density at radius 2 is 2.00 bits per heavy atom. The summed E-state index contributed by atoms with van der Waals surface area (Å²) < 4.78 is 0. The first-order valence-corrected chi connectivity index (χ1v) is 11.8. The van der Waals surface area contributed by atoms with Gasteiger partial charge in [0.25, 0.3) is 5.91 Å². The molecule has 1 aromatic rings. The molecule has 5 nitrogen and oxygen atoms in total. The number of nitrogens with zero attached hydrogens (tertiary/aromatic N) is 3. The second-order valence-corrected chi connectivity index (χ2v) is 9.91. The molecule has 0 saturated carbocycles. The molecule has 1 aromatic carbocycles. The van der Waals surface area contributed by atoms with Gasteiger partial charge in [0, 0.05) is 31.2 Å². The quantitative estimate of drug-likeness (QED) is 0.711. The third-order valence-corrected chi connectivity index (χ3v) is 8.20. The van der Waals surface area contributed by atoms with E-state index in [-0.39, 0.29) is 24.4 Å². The lowest BCUT2D eigenvalue weighted by molar-refractivity contribution is -0.137. The van der Waals surface area contributed by atoms with Crippen molar-refractivity contribution in [2.45, 2.75) is 57.2 Å². The predicted molar refractivity (Wildman–Crippen MR) is 115 cm³/mol. The summed E-state index contributed by atoms with van der Waals surface area (Å²) in [5.74, 6) is 1.37. The van der Waals surface area contributed by atoms with Gasteiger partial charge in [0.05, 0.1) is 6.04 Å². The number of rotatable bonds is 2. The van der Waals surface area contributed by atoms with Crippen molar-refractivity contribution >= 4 is 11.8 Å². The van der Waals surface area contributed by atoms with Crippen molar-refractivity contribution in [1.29, 1.82) is 0 Å². The van der Waals surface area contributed by atoms with Crippen LogP contribution < -0.4 is 0 Å². The average molecular weight is 406 g/mol. The van der Waals surface area contributed by atoms with E-state index in [1.807, 2.05) is 24.3 Å². The fourth-order valence-electron chi connectivity index (χ4n) is 6.95. The number of carbonyl (C=O) groups is 2. The number of amides is 2. The fraction of sp³-hybridized carbons (Fsp3) is 0.600. The molecule has 0 unspecified atom stereocenters. The van der Waals surface area contributed by atoms with Gasteiger partial charge in [-0.2, -0.15) is 0 Å². The Kier molecular flexibility index (Phi) is 4.48. The number of likely N-dealkylation sites (tertiary alicyclic amines) is 1. The van der Waals surface area contributed by atoms with Gasteiger partial charge in [-0.05, 0) is 62.1 Å². The van der Waals surface area contributed by atoms with Crippen LogP contribution in [0.1, 0.15) is 54.4 Å². The maximum Gasteiger partial charge on any atom is 0.254 e. The minimum atomic E-state index is 0.00394. The monoisotopic (exact) mass is 405 g/mol. The summed E-state index contributed by atoms with van der Waals surface area (Å²) in [4.78, 5) is 32.8. The smallest absolute Gasteiger partial charge is 0.254 e. The molecule has 3 saturated heterocycles. The number of carbonyl (C=O) groups excluding carboxylic acids is 2.